The normalized spacial score (nSPS) is 20.2. The molecule has 2 saturated heterocycles. The van der Waals surface area contributed by atoms with Crippen LogP contribution in [0, 0.1) is 0 Å². The van der Waals surface area contributed by atoms with E-state index >= 15 is 0 Å². The Morgan fingerprint density at radius 1 is 1.05 bits per heavy atom. The number of benzene rings is 2. The van der Waals surface area contributed by atoms with Gasteiger partial charge in [-0.1, -0.05) is 29.7 Å². The summed E-state index contributed by atoms with van der Waals surface area (Å²) in [6.07, 6.45) is 0.517. The second-order valence-electron chi connectivity index (χ2n) is 11.5. The van der Waals surface area contributed by atoms with Crippen molar-refractivity contribution >= 4 is 68.3 Å². The standard InChI is InChI=1S/C25H30B5N3O6/c26-17-10-13(4-5-16(17)24(27,28)33-8-9-38-12-21(33)35)25(29,30)39-19-3-1-2-14-15(19)11-32(23(14)37)18-6-7-20(34)31-22(18)36/h1-5,10,18H,6-9,11-12,26-30H2,(H,31,34,36). The molecule has 4 amide bonds. The maximum Gasteiger partial charge on any atom is 0.255 e. The molecule has 0 spiro atoms. The number of amides is 4. The number of carbonyl (C=O) groups excluding carboxylic acids is 4. The van der Waals surface area contributed by atoms with Crippen LogP contribution >= 0.6 is 0 Å². The fourth-order valence-corrected chi connectivity index (χ4v) is 5.97. The van der Waals surface area contributed by atoms with Crippen molar-refractivity contribution in [1.82, 2.24) is 15.1 Å². The molecular weight excluding hydrogens is 492 g/mol. The van der Waals surface area contributed by atoms with Gasteiger partial charge in [-0.15, -0.1) is 0 Å². The average Bonchev–Trinajstić information content (AvgIpc) is 3.21. The lowest BCUT2D eigenvalue weighted by atomic mass is 9.53. The Labute approximate surface area is 232 Å². The molecule has 1 N–H and O–H groups in total. The van der Waals surface area contributed by atoms with E-state index in [0.29, 0.717) is 30.9 Å². The molecule has 3 heterocycles. The minimum Gasteiger partial charge on any atom is -0.501 e. The molecule has 2 fully saturated rings. The highest BCUT2D eigenvalue weighted by Gasteiger charge is 2.41. The van der Waals surface area contributed by atoms with E-state index in [9.17, 15) is 19.2 Å². The minimum absolute atomic E-state index is 0.0165. The molecule has 5 rings (SSSR count). The topological polar surface area (TPSA) is 105 Å². The van der Waals surface area contributed by atoms with Crippen LogP contribution in [-0.4, -0.2) is 98.5 Å². The van der Waals surface area contributed by atoms with E-state index in [-0.39, 0.29) is 37.3 Å². The zero-order chi connectivity index (χ0) is 28.1. The highest BCUT2D eigenvalue weighted by molar-refractivity contribution is 6.44. The molecular formula is C25H30B5N3O6. The molecule has 1 unspecified atom stereocenters. The van der Waals surface area contributed by atoms with E-state index in [2.05, 4.69) is 33.1 Å². The first-order valence-corrected chi connectivity index (χ1v) is 13.4. The van der Waals surface area contributed by atoms with E-state index in [1.165, 1.54) is 4.90 Å². The van der Waals surface area contributed by atoms with Crippen molar-refractivity contribution < 1.29 is 28.7 Å². The molecule has 2 aromatic carbocycles. The van der Waals surface area contributed by atoms with Crippen molar-refractivity contribution in [3.63, 3.8) is 0 Å². The molecule has 0 aromatic heterocycles. The summed E-state index contributed by atoms with van der Waals surface area (Å²) in [6, 6.07) is 10.9. The van der Waals surface area contributed by atoms with Crippen molar-refractivity contribution in [3.8, 4) is 5.75 Å². The number of nitrogens with zero attached hydrogens (tertiary/aromatic N) is 2. The number of nitrogens with one attached hydrogen (secondary N) is 1. The molecule has 39 heavy (non-hydrogen) atoms. The van der Waals surface area contributed by atoms with Crippen LogP contribution in [0.25, 0.3) is 0 Å². The number of carbonyl (C=O) groups is 4. The van der Waals surface area contributed by atoms with Crippen LogP contribution in [0.5, 0.6) is 5.75 Å². The van der Waals surface area contributed by atoms with Crippen LogP contribution < -0.4 is 15.5 Å². The van der Waals surface area contributed by atoms with Crippen LogP contribution in [0.2, 0.25) is 0 Å². The highest BCUT2D eigenvalue weighted by Crippen LogP contribution is 2.36. The molecule has 1 atom stereocenters. The first-order valence-electron chi connectivity index (χ1n) is 13.4. The SMILES string of the molecule is Bc1cc(C(B)(B)Oc2cccc3c2CN(C2CCC(=O)NC2=O)C3=O)ccc1C(B)(B)N1CCOCC1=O. The first kappa shape index (κ1) is 27.2. The predicted octanol–water partition coefficient (Wildman–Crippen LogP) is -4.60. The molecule has 0 aliphatic carbocycles. The third-order valence-electron chi connectivity index (χ3n) is 8.15. The minimum atomic E-state index is -0.734. The second-order valence-corrected chi connectivity index (χ2v) is 11.5. The van der Waals surface area contributed by atoms with Crippen LogP contribution in [0.15, 0.2) is 36.4 Å². The van der Waals surface area contributed by atoms with Gasteiger partial charge in [-0.25, -0.2) is 0 Å². The Morgan fingerprint density at radius 2 is 1.82 bits per heavy atom. The Kier molecular flexibility index (Phi) is 6.95. The monoisotopic (exact) mass is 523 g/mol. The third kappa shape index (κ3) is 4.90. The maximum atomic E-state index is 13.2. The largest absolute Gasteiger partial charge is 0.501 e. The number of morpholine rings is 1. The molecule has 0 saturated carbocycles. The molecule has 3 aliphatic heterocycles. The van der Waals surface area contributed by atoms with E-state index in [0.717, 1.165) is 22.2 Å². The Balaban J connectivity index is 1.38. The van der Waals surface area contributed by atoms with Gasteiger partial charge in [0.15, 0.2) is 15.7 Å². The summed E-state index contributed by atoms with van der Waals surface area (Å²) in [5, 5.41) is 1.12. The number of ether oxygens (including phenoxy) is 2. The van der Waals surface area contributed by atoms with Crippen LogP contribution in [-0.2, 0) is 36.4 Å². The molecule has 0 bridgehead atoms. The Bertz CT molecular complexity index is 1380. The van der Waals surface area contributed by atoms with Crippen LogP contribution in [0.1, 0.15) is 39.9 Å². The average molecular weight is 523 g/mol. The number of imide groups is 1. The van der Waals surface area contributed by atoms with Gasteiger partial charge in [-0.05, 0) is 29.7 Å². The van der Waals surface area contributed by atoms with E-state index in [1.54, 1.807) is 12.1 Å². The van der Waals surface area contributed by atoms with Crippen LogP contribution in [0.4, 0.5) is 0 Å². The van der Waals surface area contributed by atoms with Gasteiger partial charge >= 0.3 is 0 Å². The summed E-state index contributed by atoms with van der Waals surface area (Å²) in [5.41, 5.74) is 4.31. The number of piperidine rings is 1. The predicted molar refractivity (Wildman–Crippen MR) is 158 cm³/mol. The van der Waals surface area contributed by atoms with Gasteiger partial charge in [0.05, 0.1) is 18.6 Å². The molecule has 9 nitrogen and oxygen atoms in total. The summed E-state index contributed by atoms with van der Waals surface area (Å²) in [7, 11) is 10.1. The number of fused-ring (bicyclic) bond motifs is 1. The van der Waals surface area contributed by atoms with Gasteiger partial charge in [0.1, 0.15) is 41.9 Å². The van der Waals surface area contributed by atoms with Crippen molar-refractivity contribution in [2.75, 3.05) is 19.8 Å². The first-order chi connectivity index (χ1) is 18.4. The van der Waals surface area contributed by atoms with Gasteiger partial charge in [0.2, 0.25) is 17.7 Å². The van der Waals surface area contributed by atoms with Crippen molar-refractivity contribution in [2.45, 2.75) is 36.2 Å². The lowest BCUT2D eigenvalue weighted by Gasteiger charge is -2.43. The number of rotatable bonds is 6. The van der Waals surface area contributed by atoms with Gasteiger partial charge in [-0.2, -0.15) is 0 Å². The third-order valence-corrected chi connectivity index (χ3v) is 8.15. The quantitative estimate of drug-likeness (QED) is 0.303. The zero-order valence-electron chi connectivity index (χ0n) is 23.1. The summed E-state index contributed by atoms with van der Waals surface area (Å²) in [6.45, 7) is 1.42. The molecule has 14 heteroatoms. The molecule has 0 radical (unpaired) electrons. The van der Waals surface area contributed by atoms with Crippen LogP contribution in [0.3, 0.4) is 0 Å². The van der Waals surface area contributed by atoms with Gasteiger partial charge < -0.3 is 19.3 Å². The Hall–Kier alpha value is -3.40. The summed E-state index contributed by atoms with van der Waals surface area (Å²) in [5.74, 6) is -0.415. The van der Waals surface area contributed by atoms with E-state index < -0.39 is 22.7 Å². The van der Waals surface area contributed by atoms with Crippen molar-refractivity contribution in [3.05, 3.63) is 58.7 Å². The van der Waals surface area contributed by atoms with E-state index in [4.69, 9.17) is 9.47 Å². The fourth-order valence-electron chi connectivity index (χ4n) is 5.97. The van der Waals surface area contributed by atoms with Gasteiger partial charge in [-0.3, -0.25) is 24.5 Å². The second kappa shape index (κ2) is 9.97. The lowest BCUT2D eigenvalue weighted by molar-refractivity contribution is -0.145. The summed E-state index contributed by atoms with van der Waals surface area (Å²) < 4.78 is 11.9. The number of hydrogen-bond donors (Lipinski definition) is 1. The van der Waals surface area contributed by atoms with Crippen molar-refractivity contribution in [1.29, 1.82) is 0 Å². The summed E-state index contributed by atoms with van der Waals surface area (Å²) in [4.78, 5) is 53.2. The van der Waals surface area contributed by atoms with E-state index in [1.807, 2.05) is 40.6 Å². The lowest BCUT2D eigenvalue weighted by Crippen LogP contribution is -2.57. The zero-order valence-corrected chi connectivity index (χ0v) is 23.1. The Morgan fingerprint density at radius 3 is 2.51 bits per heavy atom. The highest BCUT2D eigenvalue weighted by atomic mass is 16.5. The summed E-state index contributed by atoms with van der Waals surface area (Å²) >= 11 is 0. The fraction of sp³-hybridized carbons (Fsp3) is 0.360. The molecule has 2 aromatic rings. The van der Waals surface area contributed by atoms with Crippen molar-refractivity contribution in [2.24, 2.45) is 0 Å². The van der Waals surface area contributed by atoms with Gasteiger partial charge in [0, 0.05) is 29.4 Å². The van der Waals surface area contributed by atoms with Gasteiger partial charge in [0.25, 0.3) is 5.91 Å². The smallest absolute Gasteiger partial charge is 0.255 e. The molecule has 196 valence electrons. The number of hydrogen-bond acceptors (Lipinski definition) is 6. The maximum absolute atomic E-state index is 13.2. The molecule has 3 aliphatic rings.